The SMILES string of the molecule is CCCCCCNC(=O)C[N+](C)(C)CCCCCOc1cc(C)ccc1C(C)C.[Br-]. The molecule has 0 atom stereocenters. The second kappa shape index (κ2) is 15.7. The highest BCUT2D eigenvalue weighted by molar-refractivity contribution is 5.76. The molecule has 30 heavy (non-hydrogen) atoms. The molecule has 0 aliphatic rings. The van der Waals surface area contributed by atoms with E-state index < -0.39 is 0 Å². The van der Waals surface area contributed by atoms with Crippen molar-refractivity contribution in [2.24, 2.45) is 0 Å². The first-order chi connectivity index (χ1) is 13.7. The van der Waals surface area contributed by atoms with Crippen LogP contribution in [0.15, 0.2) is 18.2 Å². The van der Waals surface area contributed by atoms with E-state index in [1.54, 1.807) is 0 Å². The lowest BCUT2D eigenvalue weighted by atomic mass is 10.0. The average molecular weight is 486 g/mol. The fraction of sp³-hybridized carbons (Fsp3) is 0.720. The Morgan fingerprint density at radius 3 is 2.43 bits per heavy atom. The molecule has 0 spiro atoms. The Morgan fingerprint density at radius 2 is 1.77 bits per heavy atom. The smallest absolute Gasteiger partial charge is 0.275 e. The lowest BCUT2D eigenvalue weighted by Crippen LogP contribution is -3.00. The van der Waals surface area contributed by atoms with Crippen molar-refractivity contribution in [3.63, 3.8) is 0 Å². The standard InChI is InChI=1S/C25H44N2O2.BrH/c1-7-8-9-11-16-26-25(28)20-27(5,6)17-12-10-13-18-29-24-19-22(4)14-15-23(24)21(2)3;/h14-15,19,21H,7-13,16-18,20H2,1-6H3;1H. The Morgan fingerprint density at radius 1 is 1.07 bits per heavy atom. The number of rotatable bonds is 15. The van der Waals surface area contributed by atoms with E-state index in [0.717, 1.165) is 55.6 Å². The number of nitrogens with one attached hydrogen (secondary N) is 1. The number of amides is 1. The zero-order valence-corrected chi connectivity index (χ0v) is 21.8. The Bertz CT molecular complexity index is 603. The molecule has 0 aliphatic heterocycles. The Labute approximate surface area is 196 Å². The molecule has 1 N–H and O–H groups in total. The summed E-state index contributed by atoms with van der Waals surface area (Å²) in [6, 6.07) is 6.49. The van der Waals surface area contributed by atoms with E-state index in [0.29, 0.717) is 12.5 Å². The molecule has 4 nitrogen and oxygen atoms in total. The van der Waals surface area contributed by atoms with Gasteiger partial charge < -0.3 is 31.5 Å². The molecule has 1 amide bonds. The van der Waals surface area contributed by atoms with Crippen molar-refractivity contribution in [2.75, 3.05) is 40.3 Å². The number of quaternary nitrogens is 1. The fourth-order valence-electron chi connectivity index (χ4n) is 3.55. The third-order valence-electron chi connectivity index (χ3n) is 5.38. The molecule has 0 unspecified atom stereocenters. The minimum absolute atomic E-state index is 0. The van der Waals surface area contributed by atoms with Gasteiger partial charge in [0.05, 0.1) is 27.2 Å². The van der Waals surface area contributed by atoms with Gasteiger partial charge in [-0.1, -0.05) is 52.2 Å². The van der Waals surface area contributed by atoms with E-state index >= 15 is 0 Å². The summed E-state index contributed by atoms with van der Waals surface area (Å²) in [7, 11) is 4.30. The quantitative estimate of drug-likeness (QED) is 0.306. The molecule has 1 aromatic carbocycles. The summed E-state index contributed by atoms with van der Waals surface area (Å²) in [5.41, 5.74) is 2.53. The van der Waals surface area contributed by atoms with Crippen molar-refractivity contribution < 1.29 is 31.0 Å². The first kappa shape index (κ1) is 28.9. The van der Waals surface area contributed by atoms with E-state index in [4.69, 9.17) is 4.74 Å². The second-order valence-electron chi connectivity index (χ2n) is 9.33. The minimum atomic E-state index is 0. The molecule has 0 bridgehead atoms. The molecular formula is C25H45BrN2O2. The zero-order chi connectivity index (χ0) is 21.7. The number of carbonyl (C=O) groups excluding carboxylic acids is 1. The van der Waals surface area contributed by atoms with E-state index in [-0.39, 0.29) is 22.9 Å². The van der Waals surface area contributed by atoms with Gasteiger partial charge in [-0.05, 0) is 55.7 Å². The summed E-state index contributed by atoms with van der Waals surface area (Å²) in [5, 5.41) is 3.07. The van der Waals surface area contributed by atoms with Crippen molar-refractivity contribution in [1.29, 1.82) is 0 Å². The maximum absolute atomic E-state index is 12.2. The summed E-state index contributed by atoms with van der Waals surface area (Å²) in [6.45, 7) is 11.9. The third kappa shape index (κ3) is 12.6. The second-order valence-corrected chi connectivity index (χ2v) is 9.33. The van der Waals surface area contributed by atoms with Crippen molar-refractivity contribution in [3.8, 4) is 5.75 Å². The largest absolute Gasteiger partial charge is 1.00 e. The molecule has 0 saturated carbocycles. The van der Waals surface area contributed by atoms with Gasteiger partial charge in [0.15, 0.2) is 6.54 Å². The number of halogens is 1. The predicted molar refractivity (Wildman–Crippen MR) is 124 cm³/mol. The number of hydrogen-bond acceptors (Lipinski definition) is 2. The molecular weight excluding hydrogens is 440 g/mol. The fourth-order valence-corrected chi connectivity index (χ4v) is 3.55. The van der Waals surface area contributed by atoms with Crippen LogP contribution in [-0.4, -0.2) is 50.7 Å². The van der Waals surface area contributed by atoms with Gasteiger partial charge in [-0.2, -0.15) is 0 Å². The molecule has 0 heterocycles. The average Bonchev–Trinajstić information content (AvgIpc) is 2.63. The predicted octanol–water partition coefficient (Wildman–Crippen LogP) is 2.44. The molecule has 0 aromatic heterocycles. The zero-order valence-electron chi connectivity index (χ0n) is 20.2. The maximum Gasteiger partial charge on any atom is 0.275 e. The summed E-state index contributed by atoms with van der Waals surface area (Å²) in [4.78, 5) is 12.2. The van der Waals surface area contributed by atoms with Crippen LogP contribution in [0.5, 0.6) is 5.75 Å². The van der Waals surface area contributed by atoms with Gasteiger partial charge >= 0.3 is 0 Å². The summed E-state index contributed by atoms with van der Waals surface area (Å²) < 4.78 is 6.83. The van der Waals surface area contributed by atoms with Gasteiger partial charge in [-0.15, -0.1) is 0 Å². The van der Waals surface area contributed by atoms with Crippen LogP contribution >= 0.6 is 0 Å². The molecule has 5 heteroatoms. The highest BCUT2D eigenvalue weighted by atomic mass is 79.9. The molecule has 0 saturated heterocycles. The van der Waals surface area contributed by atoms with Crippen LogP contribution in [-0.2, 0) is 4.79 Å². The van der Waals surface area contributed by atoms with Crippen molar-refractivity contribution in [1.82, 2.24) is 5.32 Å². The van der Waals surface area contributed by atoms with Crippen LogP contribution < -0.4 is 27.0 Å². The van der Waals surface area contributed by atoms with E-state index in [1.165, 1.54) is 30.4 Å². The summed E-state index contributed by atoms with van der Waals surface area (Å²) in [6.07, 6.45) is 8.07. The third-order valence-corrected chi connectivity index (χ3v) is 5.38. The van der Waals surface area contributed by atoms with Gasteiger partial charge in [0.25, 0.3) is 5.91 Å². The number of unbranched alkanes of at least 4 members (excludes halogenated alkanes) is 5. The van der Waals surface area contributed by atoms with Crippen LogP contribution in [0.1, 0.15) is 82.8 Å². The highest BCUT2D eigenvalue weighted by Crippen LogP contribution is 2.27. The van der Waals surface area contributed by atoms with Gasteiger partial charge in [0, 0.05) is 6.54 Å². The normalized spacial score (nSPS) is 11.3. The van der Waals surface area contributed by atoms with Crippen LogP contribution in [0.4, 0.5) is 0 Å². The van der Waals surface area contributed by atoms with Crippen LogP contribution in [0.25, 0.3) is 0 Å². The van der Waals surface area contributed by atoms with Crippen molar-refractivity contribution >= 4 is 5.91 Å². The van der Waals surface area contributed by atoms with Gasteiger partial charge in [-0.3, -0.25) is 4.79 Å². The lowest BCUT2D eigenvalue weighted by molar-refractivity contribution is -0.882. The molecule has 174 valence electrons. The lowest BCUT2D eigenvalue weighted by Gasteiger charge is -2.29. The molecule has 0 aliphatic carbocycles. The van der Waals surface area contributed by atoms with Crippen LogP contribution in [0, 0.1) is 6.92 Å². The molecule has 0 fully saturated rings. The summed E-state index contributed by atoms with van der Waals surface area (Å²) in [5.74, 6) is 1.68. The van der Waals surface area contributed by atoms with E-state index in [2.05, 4.69) is 65.3 Å². The van der Waals surface area contributed by atoms with Gasteiger partial charge in [0.1, 0.15) is 5.75 Å². The monoisotopic (exact) mass is 484 g/mol. The Kier molecular flexibility index (Phi) is 15.1. The molecule has 1 rings (SSSR count). The topological polar surface area (TPSA) is 38.3 Å². The minimum Gasteiger partial charge on any atom is -1.00 e. The highest BCUT2D eigenvalue weighted by Gasteiger charge is 2.19. The number of ether oxygens (including phenoxy) is 1. The number of hydrogen-bond donors (Lipinski definition) is 1. The number of nitrogens with zero attached hydrogens (tertiary/aromatic N) is 1. The van der Waals surface area contributed by atoms with Crippen molar-refractivity contribution in [3.05, 3.63) is 29.3 Å². The van der Waals surface area contributed by atoms with E-state index in [9.17, 15) is 4.79 Å². The Balaban J connectivity index is 0.00000841. The van der Waals surface area contributed by atoms with E-state index in [1.807, 2.05) is 0 Å². The van der Waals surface area contributed by atoms with Crippen LogP contribution in [0.2, 0.25) is 0 Å². The summed E-state index contributed by atoms with van der Waals surface area (Å²) >= 11 is 0. The van der Waals surface area contributed by atoms with Crippen molar-refractivity contribution in [2.45, 2.75) is 78.6 Å². The first-order valence-electron chi connectivity index (χ1n) is 11.6. The maximum atomic E-state index is 12.2. The number of aryl methyl sites for hydroxylation is 1. The molecule has 0 radical (unpaired) electrons. The number of likely N-dealkylation sites (N-methyl/N-ethyl adjacent to an activating group) is 1. The first-order valence-corrected chi connectivity index (χ1v) is 11.6. The van der Waals surface area contributed by atoms with Gasteiger partial charge in [0.2, 0.25) is 0 Å². The Hall–Kier alpha value is -1.07. The molecule has 1 aromatic rings. The van der Waals surface area contributed by atoms with Crippen LogP contribution in [0.3, 0.4) is 0 Å². The number of carbonyl (C=O) groups is 1. The number of benzene rings is 1. The van der Waals surface area contributed by atoms with Gasteiger partial charge in [-0.25, -0.2) is 0 Å².